The Morgan fingerprint density at radius 3 is 2.40 bits per heavy atom. The molecule has 0 heterocycles. The summed E-state index contributed by atoms with van der Waals surface area (Å²) in [4.78, 5) is 0. The third kappa shape index (κ3) is 5.13. The van der Waals surface area contributed by atoms with Gasteiger partial charge in [0.2, 0.25) is 0 Å². The molecule has 4 heteroatoms. The van der Waals surface area contributed by atoms with Gasteiger partial charge in [-0.05, 0) is 42.0 Å². The molecule has 25 heavy (non-hydrogen) atoms. The summed E-state index contributed by atoms with van der Waals surface area (Å²) < 4.78 is 11.5. The van der Waals surface area contributed by atoms with Crippen LogP contribution in [-0.2, 0) is 6.61 Å². The van der Waals surface area contributed by atoms with E-state index in [9.17, 15) is 0 Å². The van der Waals surface area contributed by atoms with E-state index in [1.165, 1.54) is 32.1 Å². The van der Waals surface area contributed by atoms with E-state index in [0.717, 1.165) is 22.6 Å². The minimum atomic E-state index is 0. The fraction of sp³-hybridized carbons (Fsp3) is 0.429. The van der Waals surface area contributed by atoms with Crippen molar-refractivity contribution in [3.05, 3.63) is 59.7 Å². The molecule has 136 valence electrons. The summed E-state index contributed by atoms with van der Waals surface area (Å²) >= 11 is 0. The highest BCUT2D eigenvalue weighted by Crippen LogP contribution is 2.36. The second-order valence-corrected chi connectivity index (χ2v) is 6.61. The average Bonchev–Trinajstić information content (AvgIpc) is 2.67. The van der Waals surface area contributed by atoms with Crippen LogP contribution in [0.5, 0.6) is 11.5 Å². The summed E-state index contributed by atoms with van der Waals surface area (Å²) in [6, 6.07) is 16.3. The molecule has 1 saturated carbocycles. The van der Waals surface area contributed by atoms with Gasteiger partial charge < -0.3 is 15.2 Å². The van der Waals surface area contributed by atoms with Gasteiger partial charge in [-0.25, -0.2) is 0 Å². The van der Waals surface area contributed by atoms with Crippen LogP contribution in [0.2, 0.25) is 0 Å². The van der Waals surface area contributed by atoms with Gasteiger partial charge in [0.25, 0.3) is 0 Å². The van der Waals surface area contributed by atoms with Crippen molar-refractivity contribution in [3.63, 3.8) is 0 Å². The third-order valence-corrected chi connectivity index (χ3v) is 4.97. The van der Waals surface area contributed by atoms with Crippen molar-refractivity contribution in [3.8, 4) is 11.5 Å². The second-order valence-electron chi connectivity index (χ2n) is 6.61. The lowest BCUT2D eigenvalue weighted by atomic mass is 9.81. The van der Waals surface area contributed by atoms with Crippen molar-refractivity contribution < 1.29 is 9.47 Å². The molecule has 1 fully saturated rings. The number of rotatable bonds is 6. The predicted octanol–water partition coefficient (Wildman–Crippen LogP) is 5.28. The van der Waals surface area contributed by atoms with Crippen molar-refractivity contribution >= 4 is 12.4 Å². The molecule has 1 aliphatic carbocycles. The van der Waals surface area contributed by atoms with E-state index in [-0.39, 0.29) is 18.4 Å². The van der Waals surface area contributed by atoms with E-state index in [2.05, 4.69) is 18.2 Å². The summed E-state index contributed by atoms with van der Waals surface area (Å²) in [5, 5.41) is 0. The van der Waals surface area contributed by atoms with Crippen LogP contribution in [0.15, 0.2) is 48.5 Å². The molecule has 2 N–H and O–H groups in total. The maximum Gasteiger partial charge on any atom is 0.161 e. The largest absolute Gasteiger partial charge is 0.493 e. The summed E-state index contributed by atoms with van der Waals surface area (Å²) in [5.74, 6) is 2.11. The van der Waals surface area contributed by atoms with E-state index < -0.39 is 0 Å². The van der Waals surface area contributed by atoms with Crippen LogP contribution >= 0.6 is 12.4 Å². The van der Waals surface area contributed by atoms with Gasteiger partial charge in [-0.1, -0.05) is 55.7 Å². The first-order valence-electron chi connectivity index (χ1n) is 8.88. The molecule has 0 aromatic heterocycles. The van der Waals surface area contributed by atoms with E-state index in [0.29, 0.717) is 12.5 Å². The Morgan fingerprint density at radius 2 is 1.72 bits per heavy atom. The Labute approximate surface area is 156 Å². The van der Waals surface area contributed by atoms with E-state index >= 15 is 0 Å². The van der Waals surface area contributed by atoms with Crippen LogP contribution in [-0.4, -0.2) is 7.11 Å². The zero-order valence-corrected chi connectivity index (χ0v) is 15.6. The van der Waals surface area contributed by atoms with Crippen LogP contribution in [0.25, 0.3) is 0 Å². The molecular formula is C21H28ClNO2. The van der Waals surface area contributed by atoms with Gasteiger partial charge >= 0.3 is 0 Å². The number of benzene rings is 2. The van der Waals surface area contributed by atoms with E-state index in [1.807, 2.05) is 30.3 Å². The lowest BCUT2D eigenvalue weighted by Gasteiger charge is -2.28. The molecule has 2 aromatic carbocycles. The van der Waals surface area contributed by atoms with Crippen LogP contribution in [0, 0.1) is 5.92 Å². The first kappa shape index (κ1) is 19.6. The minimum absolute atomic E-state index is 0. The van der Waals surface area contributed by atoms with Crippen molar-refractivity contribution in [2.24, 2.45) is 11.7 Å². The van der Waals surface area contributed by atoms with Gasteiger partial charge in [-0.15, -0.1) is 12.4 Å². The quantitative estimate of drug-likeness (QED) is 0.761. The maximum absolute atomic E-state index is 6.51. The molecule has 0 spiro atoms. The molecule has 0 amide bonds. The molecule has 0 unspecified atom stereocenters. The van der Waals surface area contributed by atoms with Crippen LogP contribution in [0.4, 0.5) is 0 Å². The molecule has 1 aliphatic rings. The molecule has 0 saturated heterocycles. The number of hydrogen-bond donors (Lipinski definition) is 1. The Balaban J connectivity index is 0.00000225. The zero-order valence-electron chi connectivity index (χ0n) is 14.8. The summed E-state index contributed by atoms with van der Waals surface area (Å²) in [6.45, 7) is 0.533. The summed E-state index contributed by atoms with van der Waals surface area (Å²) in [7, 11) is 1.68. The Hall–Kier alpha value is -1.71. The monoisotopic (exact) mass is 361 g/mol. The van der Waals surface area contributed by atoms with Crippen molar-refractivity contribution in [1.82, 2.24) is 0 Å². The van der Waals surface area contributed by atoms with Crippen LogP contribution < -0.4 is 15.2 Å². The SMILES string of the molecule is COc1cc([C@H](N)C2CCCCC2)ccc1OCc1ccccc1.Cl. The smallest absolute Gasteiger partial charge is 0.161 e. The number of ether oxygens (including phenoxy) is 2. The van der Waals surface area contributed by atoms with Gasteiger partial charge in [-0.2, -0.15) is 0 Å². The maximum atomic E-state index is 6.51. The van der Waals surface area contributed by atoms with Crippen molar-refractivity contribution in [2.75, 3.05) is 7.11 Å². The molecule has 0 aliphatic heterocycles. The molecule has 0 bridgehead atoms. The van der Waals surface area contributed by atoms with Gasteiger partial charge in [0.15, 0.2) is 11.5 Å². The molecule has 3 nitrogen and oxygen atoms in total. The number of hydrogen-bond acceptors (Lipinski definition) is 3. The first-order chi connectivity index (χ1) is 11.8. The predicted molar refractivity (Wildman–Crippen MR) is 105 cm³/mol. The molecule has 3 rings (SSSR count). The highest BCUT2D eigenvalue weighted by molar-refractivity contribution is 5.85. The van der Waals surface area contributed by atoms with Crippen molar-refractivity contribution in [1.29, 1.82) is 0 Å². The number of methoxy groups -OCH3 is 1. The number of halogens is 1. The summed E-state index contributed by atoms with van der Waals surface area (Å²) in [6.07, 6.45) is 6.41. The molecular weight excluding hydrogens is 334 g/mol. The molecule has 1 atom stereocenters. The topological polar surface area (TPSA) is 44.5 Å². The second kappa shape index (κ2) is 9.69. The highest BCUT2D eigenvalue weighted by Gasteiger charge is 2.22. The van der Waals surface area contributed by atoms with E-state index in [1.54, 1.807) is 7.11 Å². The lowest BCUT2D eigenvalue weighted by molar-refractivity contribution is 0.282. The standard InChI is InChI=1S/C21H27NO2.ClH/c1-23-20-14-18(21(22)17-10-6-3-7-11-17)12-13-19(20)24-15-16-8-4-2-5-9-16;/h2,4-5,8-9,12-14,17,21H,3,6-7,10-11,15,22H2,1H3;1H/t21-;/m1./s1. The van der Waals surface area contributed by atoms with Crippen molar-refractivity contribution in [2.45, 2.75) is 44.8 Å². The fourth-order valence-electron chi connectivity index (χ4n) is 3.51. The van der Waals surface area contributed by atoms with Crippen LogP contribution in [0.1, 0.15) is 49.3 Å². The summed E-state index contributed by atoms with van der Waals surface area (Å²) in [5.41, 5.74) is 8.80. The highest BCUT2D eigenvalue weighted by atomic mass is 35.5. The Bertz CT molecular complexity index is 642. The fourth-order valence-corrected chi connectivity index (χ4v) is 3.51. The first-order valence-corrected chi connectivity index (χ1v) is 8.88. The molecule has 2 aromatic rings. The van der Waals surface area contributed by atoms with Gasteiger partial charge in [0.1, 0.15) is 6.61 Å². The Morgan fingerprint density at radius 1 is 1.00 bits per heavy atom. The van der Waals surface area contributed by atoms with Gasteiger partial charge in [-0.3, -0.25) is 0 Å². The van der Waals surface area contributed by atoms with Gasteiger partial charge in [0, 0.05) is 6.04 Å². The number of nitrogens with two attached hydrogens (primary N) is 1. The van der Waals surface area contributed by atoms with Crippen LogP contribution in [0.3, 0.4) is 0 Å². The lowest BCUT2D eigenvalue weighted by Crippen LogP contribution is -2.23. The Kier molecular flexibility index (Phi) is 7.60. The van der Waals surface area contributed by atoms with Gasteiger partial charge in [0.05, 0.1) is 7.11 Å². The molecule has 0 radical (unpaired) electrons. The minimum Gasteiger partial charge on any atom is -0.493 e. The van der Waals surface area contributed by atoms with E-state index in [4.69, 9.17) is 15.2 Å². The third-order valence-electron chi connectivity index (χ3n) is 4.97. The zero-order chi connectivity index (χ0) is 16.8. The average molecular weight is 362 g/mol. The normalized spacial score (nSPS) is 15.9.